The molecular weight excluding hydrogens is 422 g/mol. The van der Waals surface area contributed by atoms with E-state index in [-0.39, 0.29) is 41.8 Å². The highest BCUT2D eigenvalue weighted by Gasteiger charge is 2.23. The van der Waals surface area contributed by atoms with E-state index in [1.165, 1.54) is 18.0 Å². The summed E-state index contributed by atoms with van der Waals surface area (Å²) in [7, 11) is 2.97. The third kappa shape index (κ3) is 5.15. The van der Waals surface area contributed by atoms with Crippen LogP contribution in [-0.2, 0) is 28.4 Å². The second-order valence-corrected chi connectivity index (χ2v) is 8.46. The Kier molecular flexibility index (Phi) is 7.47. The second-order valence-electron chi connectivity index (χ2n) is 7.50. The first-order valence-electron chi connectivity index (χ1n) is 10.4. The van der Waals surface area contributed by atoms with Gasteiger partial charge in [-0.25, -0.2) is 14.8 Å². The van der Waals surface area contributed by atoms with E-state index in [0.29, 0.717) is 10.9 Å². The van der Waals surface area contributed by atoms with E-state index in [9.17, 15) is 19.2 Å². The number of aryl methyl sites for hydroxylation is 1. The summed E-state index contributed by atoms with van der Waals surface area (Å²) >= 11 is 1.09. The van der Waals surface area contributed by atoms with Gasteiger partial charge >= 0.3 is 11.7 Å². The molecule has 0 aliphatic heterocycles. The molecule has 11 heteroatoms. The molecule has 1 aliphatic rings. The van der Waals surface area contributed by atoms with E-state index in [2.05, 4.69) is 15.3 Å². The van der Waals surface area contributed by atoms with Crippen molar-refractivity contribution < 1.29 is 14.3 Å². The SMILES string of the molecule is CCOC(=O)CNC(=O)CSc1nc(C2CCCCC2)nc2c1c(=O)n(C)c(=O)n2C. The number of carbonyl (C=O) groups is 2. The van der Waals surface area contributed by atoms with Crippen LogP contribution in [0.2, 0.25) is 0 Å². The smallest absolute Gasteiger partial charge is 0.332 e. The molecule has 0 atom stereocenters. The minimum Gasteiger partial charge on any atom is -0.465 e. The predicted octanol–water partition coefficient (Wildman–Crippen LogP) is 0.846. The topological polar surface area (TPSA) is 125 Å². The van der Waals surface area contributed by atoms with Crippen LogP contribution in [0.4, 0.5) is 0 Å². The summed E-state index contributed by atoms with van der Waals surface area (Å²) in [6.45, 7) is 1.71. The predicted molar refractivity (Wildman–Crippen MR) is 116 cm³/mol. The Balaban J connectivity index is 1.94. The van der Waals surface area contributed by atoms with Gasteiger partial charge in [0.1, 0.15) is 22.8 Å². The van der Waals surface area contributed by atoms with Gasteiger partial charge in [-0.2, -0.15) is 0 Å². The van der Waals surface area contributed by atoms with Crippen LogP contribution < -0.4 is 16.6 Å². The fourth-order valence-corrected chi connectivity index (χ4v) is 4.51. The van der Waals surface area contributed by atoms with Crippen molar-refractivity contribution in [1.82, 2.24) is 24.4 Å². The minimum atomic E-state index is -0.517. The zero-order valence-corrected chi connectivity index (χ0v) is 18.8. The summed E-state index contributed by atoms with van der Waals surface area (Å²) in [5.41, 5.74) is -0.685. The van der Waals surface area contributed by atoms with Crippen LogP contribution >= 0.6 is 11.8 Å². The maximum absolute atomic E-state index is 12.8. The number of nitrogens with one attached hydrogen (secondary N) is 1. The van der Waals surface area contributed by atoms with Gasteiger partial charge in [-0.05, 0) is 19.8 Å². The number of rotatable bonds is 7. The van der Waals surface area contributed by atoms with Crippen LogP contribution in [-0.4, -0.2) is 49.9 Å². The number of fused-ring (bicyclic) bond motifs is 1. The number of aromatic nitrogens is 4. The zero-order chi connectivity index (χ0) is 22.5. The molecule has 1 fully saturated rings. The van der Waals surface area contributed by atoms with E-state index in [0.717, 1.165) is 42.0 Å². The Morgan fingerprint density at radius 3 is 2.52 bits per heavy atom. The van der Waals surface area contributed by atoms with E-state index in [4.69, 9.17) is 4.74 Å². The molecule has 2 aromatic rings. The zero-order valence-electron chi connectivity index (χ0n) is 18.0. The number of hydrogen-bond donors (Lipinski definition) is 1. The van der Waals surface area contributed by atoms with Crippen LogP contribution in [0, 0.1) is 0 Å². The summed E-state index contributed by atoms with van der Waals surface area (Å²) in [4.78, 5) is 58.1. The van der Waals surface area contributed by atoms with E-state index in [1.807, 2.05) is 0 Å². The summed E-state index contributed by atoms with van der Waals surface area (Å²) in [6, 6.07) is 0. The normalized spacial score (nSPS) is 14.5. The molecule has 31 heavy (non-hydrogen) atoms. The van der Waals surface area contributed by atoms with Crippen molar-refractivity contribution in [2.45, 2.75) is 50.0 Å². The molecule has 2 aromatic heterocycles. The van der Waals surface area contributed by atoms with Crippen molar-refractivity contribution >= 4 is 34.7 Å². The molecule has 1 saturated carbocycles. The van der Waals surface area contributed by atoms with E-state index < -0.39 is 17.2 Å². The molecule has 1 amide bonds. The summed E-state index contributed by atoms with van der Waals surface area (Å²) in [5, 5.41) is 3.08. The lowest BCUT2D eigenvalue weighted by Gasteiger charge is -2.21. The van der Waals surface area contributed by atoms with Crippen LogP contribution in [0.15, 0.2) is 14.6 Å². The maximum atomic E-state index is 12.8. The van der Waals surface area contributed by atoms with Crippen LogP contribution in [0.1, 0.15) is 50.8 Å². The third-order valence-corrected chi connectivity index (χ3v) is 6.30. The minimum absolute atomic E-state index is 0.0401. The Hall–Kier alpha value is -2.69. The number of ether oxygens (including phenoxy) is 1. The number of esters is 1. The molecule has 0 radical (unpaired) electrons. The molecule has 0 bridgehead atoms. The first kappa shape index (κ1) is 23.0. The highest BCUT2D eigenvalue weighted by atomic mass is 32.2. The summed E-state index contributed by atoms with van der Waals surface area (Å²) in [6.07, 6.45) is 5.24. The molecule has 0 aromatic carbocycles. The Bertz CT molecular complexity index is 1100. The quantitative estimate of drug-likeness (QED) is 0.375. The average molecular weight is 450 g/mol. The van der Waals surface area contributed by atoms with Gasteiger partial charge < -0.3 is 10.1 Å². The van der Waals surface area contributed by atoms with Crippen LogP contribution in [0.3, 0.4) is 0 Å². The van der Waals surface area contributed by atoms with Crippen LogP contribution in [0.5, 0.6) is 0 Å². The first-order chi connectivity index (χ1) is 14.8. The number of nitrogens with zero attached hydrogens (tertiary/aromatic N) is 4. The van der Waals surface area contributed by atoms with Gasteiger partial charge in [-0.15, -0.1) is 0 Å². The molecule has 1 N–H and O–H groups in total. The second kappa shape index (κ2) is 10.1. The highest BCUT2D eigenvalue weighted by molar-refractivity contribution is 8.00. The molecule has 0 unspecified atom stereocenters. The molecule has 168 valence electrons. The van der Waals surface area contributed by atoms with Crippen molar-refractivity contribution in [2.75, 3.05) is 18.9 Å². The maximum Gasteiger partial charge on any atom is 0.332 e. The lowest BCUT2D eigenvalue weighted by atomic mass is 9.89. The van der Waals surface area contributed by atoms with Gasteiger partial charge in [0.05, 0.1) is 12.4 Å². The number of amides is 1. The van der Waals surface area contributed by atoms with Crippen molar-refractivity contribution in [3.8, 4) is 0 Å². The molecule has 0 spiro atoms. The van der Waals surface area contributed by atoms with E-state index >= 15 is 0 Å². The van der Waals surface area contributed by atoms with Crippen molar-refractivity contribution in [2.24, 2.45) is 14.1 Å². The number of thioether (sulfide) groups is 1. The largest absolute Gasteiger partial charge is 0.465 e. The fourth-order valence-electron chi connectivity index (χ4n) is 3.66. The standard InChI is InChI=1S/C20H27N5O5S/c1-4-30-14(27)10-21-13(26)11-31-18-15-17(24(2)20(29)25(3)19(15)28)22-16(23-18)12-8-6-5-7-9-12/h12H,4-11H2,1-3H3,(H,21,26). The van der Waals surface area contributed by atoms with Crippen molar-refractivity contribution in [3.05, 3.63) is 26.7 Å². The lowest BCUT2D eigenvalue weighted by Crippen LogP contribution is -2.38. The third-order valence-electron chi connectivity index (χ3n) is 5.33. The van der Waals surface area contributed by atoms with Gasteiger partial charge in [-0.1, -0.05) is 31.0 Å². The molecule has 1 aliphatic carbocycles. The van der Waals surface area contributed by atoms with Gasteiger partial charge in [0.15, 0.2) is 5.65 Å². The number of hydrogen-bond acceptors (Lipinski definition) is 8. The van der Waals surface area contributed by atoms with Gasteiger partial charge in [0, 0.05) is 20.0 Å². The summed E-state index contributed by atoms with van der Waals surface area (Å²) < 4.78 is 7.15. The van der Waals surface area contributed by atoms with E-state index in [1.54, 1.807) is 14.0 Å². The fraction of sp³-hybridized carbons (Fsp3) is 0.600. The molecule has 10 nitrogen and oxygen atoms in total. The molecule has 0 saturated heterocycles. The molecule has 2 heterocycles. The van der Waals surface area contributed by atoms with Gasteiger partial charge in [-0.3, -0.25) is 23.5 Å². The Labute approximate surface area is 183 Å². The van der Waals surface area contributed by atoms with Crippen LogP contribution in [0.25, 0.3) is 11.0 Å². The van der Waals surface area contributed by atoms with Gasteiger partial charge in [0.25, 0.3) is 5.56 Å². The molecular formula is C20H27N5O5S. The van der Waals surface area contributed by atoms with Gasteiger partial charge in [0.2, 0.25) is 5.91 Å². The average Bonchev–Trinajstić information content (AvgIpc) is 2.78. The highest BCUT2D eigenvalue weighted by Crippen LogP contribution is 2.33. The van der Waals surface area contributed by atoms with Crippen molar-refractivity contribution in [3.63, 3.8) is 0 Å². The first-order valence-corrected chi connectivity index (χ1v) is 11.3. The Morgan fingerprint density at radius 2 is 1.84 bits per heavy atom. The molecule has 3 rings (SSSR count). The van der Waals surface area contributed by atoms with Crippen molar-refractivity contribution in [1.29, 1.82) is 0 Å². The summed E-state index contributed by atoms with van der Waals surface area (Å²) in [5.74, 6) is -0.177. The monoisotopic (exact) mass is 449 g/mol. The number of carbonyl (C=O) groups excluding carboxylic acids is 2. The Morgan fingerprint density at radius 1 is 1.13 bits per heavy atom. The lowest BCUT2D eigenvalue weighted by molar-refractivity contribution is -0.143.